The smallest absolute Gasteiger partial charge is 0.136 e. The van der Waals surface area contributed by atoms with Gasteiger partial charge in [-0.05, 0) is 13.3 Å². The summed E-state index contributed by atoms with van der Waals surface area (Å²) in [5.74, 6) is 0. The van der Waals surface area contributed by atoms with Crippen LogP contribution in [0.1, 0.15) is 26.7 Å². The molecule has 0 spiro atoms. The number of nitrogens with zero attached hydrogens (tertiary/aromatic N) is 1. The summed E-state index contributed by atoms with van der Waals surface area (Å²) in [4.78, 5) is 2.03. The van der Waals surface area contributed by atoms with E-state index in [1.165, 1.54) is 12.8 Å². The van der Waals surface area contributed by atoms with E-state index in [0.29, 0.717) is 0 Å². The average molecular weight is 144 g/mol. The Morgan fingerprint density at radius 1 is 1.44 bits per heavy atom. The maximum Gasteiger partial charge on any atom is 0.136 e. The van der Waals surface area contributed by atoms with Crippen LogP contribution in [-0.4, -0.2) is 23.5 Å². The first-order valence-electron chi connectivity index (χ1n) is 3.47. The molecule has 0 aromatic heterocycles. The van der Waals surface area contributed by atoms with Crippen LogP contribution in [0.15, 0.2) is 0 Å². The van der Waals surface area contributed by atoms with Crippen molar-refractivity contribution in [3.05, 3.63) is 0 Å². The molecule has 2 heteroatoms. The lowest BCUT2D eigenvalue weighted by Gasteiger charge is -2.13. The highest BCUT2D eigenvalue weighted by Gasteiger charge is 1.92. The van der Waals surface area contributed by atoms with Crippen molar-refractivity contribution in [2.75, 3.05) is 13.1 Å². The van der Waals surface area contributed by atoms with Gasteiger partial charge in [0.2, 0.25) is 0 Å². The second kappa shape index (κ2) is 6.02. The summed E-state index contributed by atoms with van der Waals surface area (Å²) in [6, 6.07) is 0. The standard InChI is InChI=1S/C7H14NS/c1-3-5-6-8(4-2)7-9/h3-6H2,1-2H3. The van der Waals surface area contributed by atoms with E-state index >= 15 is 0 Å². The third-order valence-electron chi connectivity index (χ3n) is 1.29. The maximum atomic E-state index is 4.66. The van der Waals surface area contributed by atoms with Crippen LogP contribution >= 0.6 is 12.2 Å². The number of hydrogen-bond donors (Lipinski definition) is 0. The Morgan fingerprint density at radius 3 is 2.44 bits per heavy atom. The van der Waals surface area contributed by atoms with Crippen molar-refractivity contribution in [1.29, 1.82) is 0 Å². The number of hydrogen-bond acceptors (Lipinski definition) is 1. The number of thiocarbonyl (C=S) groups is 1. The van der Waals surface area contributed by atoms with Gasteiger partial charge in [-0.3, -0.25) is 0 Å². The van der Waals surface area contributed by atoms with Gasteiger partial charge < -0.3 is 4.90 Å². The van der Waals surface area contributed by atoms with Crippen LogP contribution in [0, 0.1) is 0 Å². The van der Waals surface area contributed by atoms with Crippen molar-refractivity contribution in [3.63, 3.8) is 0 Å². The Hall–Kier alpha value is -0.110. The molecule has 0 amide bonds. The highest BCUT2D eigenvalue weighted by molar-refractivity contribution is 7.78. The van der Waals surface area contributed by atoms with Crippen LogP contribution in [0.2, 0.25) is 0 Å². The maximum absolute atomic E-state index is 4.66. The Labute approximate surface area is 63.0 Å². The second-order valence-electron chi connectivity index (χ2n) is 2.02. The summed E-state index contributed by atoms with van der Waals surface area (Å²) in [5.41, 5.74) is 2.70. The highest BCUT2D eigenvalue weighted by Crippen LogP contribution is 1.90. The van der Waals surface area contributed by atoms with Gasteiger partial charge in [0.15, 0.2) is 0 Å². The SMILES string of the molecule is CCCCN([C]=S)CC. The molecule has 1 nitrogen and oxygen atoms in total. The van der Waals surface area contributed by atoms with Gasteiger partial charge in [-0.15, -0.1) is 0 Å². The van der Waals surface area contributed by atoms with Crippen molar-refractivity contribution in [1.82, 2.24) is 4.90 Å². The van der Waals surface area contributed by atoms with Crippen LogP contribution in [0.25, 0.3) is 0 Å². The first-order valence-corrected chi connectivity index (χ1v) is 3.88. The summed E-state index contributed by atoms with van der Waals surface area (Å²) in [7, 11) is 0. The molecule has 9 heavy (non-hydrogen) atoms. The third kappa shape index (κ3) is 4.40. The predicted octanol–water partition coefficient (Wildman–Crippen LogP) is 1.94. The zero-order chi connectivity index (χ0) is 7.11. The first kappa shape index (κ1) is 8.89. The van der Waals surface area contributed by atoms with Crippen molar-refractivity contribution >= 4 is 17.7 Å². The minimum absolute atomic E-state index is 0.990. The molecule has 0 heterocycles. The quantitative estimate of drug-likeness (QED) is 0.428. The summed E-state index contributed by atoms with van der Waals surface area (Å²) in [5, 5.41) is 0. The van der Waals surface area contributed by atoms with Crippen molar-refractivity contribution in [3.8, 4) is 0 Å². The second-order valence-corrected chi connectivity index (χ2v) is 2.21. The first-order chi connectivity index (χ1) is 4.35. The molecule has 0 aliphatic rings. The van der Waals surface area contributed by atoms with Crippen molar-refractivity contribution in [2.45, 2.75) is 26.7 Å². The zero-order valence-corrected chi connectivity index (χ0v) is 7.00. The molecule has 0 bridgehead atoms. The van der Waals surface area contributed by atoms with E-state index in [-0.39, 0.29) is 0 Å². The summed E-state index contributed by atoms with van der Waals surface area (Å²) in [6.07, 6.45) is 2.45. The van der Waals surface area contributed by atoms with E-state index in [1.807, 2.05) is 4.90 Å². The molecule has 0 N–H and O–H groups in total. The zero-order valence-electron chi connectivity index (χ0n) is 6.18. The summed E-state index contributed by atoms with van der Waals surface area (Å²) in [6.45, 7) is 6.33. The molecular weight excluding hydrogens is 130 g/mol. The Morgan fingerprint density at radius 2 is 2.11 bits per heavy atom. The molecule has 0 saturated carbocycles. The molecule has 53 valence electrons. The molecule has 0 aromatic carbocycles. The van der Waals surface area contributed by atoms with E-state index in [0.717, 1.165) is 13.1 Å². The topological polar surface area (TPSA) is 3.24 Å². The average Bonchev–Trinajstić information content (AvgIpc) is 1.91. The number of unbranched alkanes of at least 4 members (excludes halogenated alkanes) is 1. The lowest BCUT2D eigenvalue weighted by Crippen LogP contribution is -2.21. The van der Waals surface area contributed by atoms with E-state index in [4.69, 9.17) is 0 Å². The van der Waals surface area contributed by atoms with E-state index < -0.39 is 0 Å². The predicted molar refractivity (Wildman–Crippen MR) is 44.8 cm³/mol. The van der Waals surface area contributed by atoms with Crippen molar-refractivity contribution < 1.29 is 0 Å². The molecular formula is C7H14NS. The fourth-order valence-electron chi connectivity index (χ4n) is 0.617. The molecule has 0 aliphatic carbocycles. The third-order valence-corrected chi connectivity index (χ3v) is 1.55. The fourth-order valence-corrected chi connectivity index (χ4v) is 0.838. The summed E-state index contributed by atoms with van der Waals surface area (Å²) >= 11 is 4.66. The molecule has 1 radical (unpaired) electrons. The lowest BCUT2D eigenvalue weighted by atomic mass is 10.3. The van der Waals surface area contributed by atoms with Gasteiger partial charge in [0.1, 0.15) is 5.49 Å². The molecule has 0 aromatic rings. The monoisotopic (exact) mass is 144 g/mol. The van der Waals surface area contributed by atoms with E-state index in [9.17, 15) is 0 Å². The number of rotatable bonds is 5. The van der Waals surface area contributed by atoms with E-state index in [2.05, 4.69) is 31.6 Å². The Balaban J connectivity index is 3.20. The fraction of sp³-hybridized carbons (Fsp3) is 0.857. The van der Waals surface area contributed by atoms with Gasteiger partial charge in [0, 0.05) is 13.1 Å². The van der Waals surface area contributed by atoms with Gasteiger partial charge in [0.25, 0.3) is 0 Å². The van der Waals surface area contributed by atoms with Gasteiger partial charge in [-0.25, -0.2) is 0 Å². The van der Waals surface area contributed by atoms with Crippen LogP contribution in [0.5, 0.6) is 0 Å². The van der Waals surface area contributed by atoms with Gasteiger partial charge >= 0.3 is 0 Å². The molecule has 0 aliphatic heterocycles. The van der Waals surface area contributed by atoms with Crippen LogP contribution in [0.3, 0.4) is 0 Å². The van der Waals surface area contributed by atoms with Gasteiger partial charge in [0.05, 0.1) is 0 Å². The molecule has 0 unspecified atom stereocenters. The highest BCUT2D eigenvalue weighted by atomic mass is 32.1. The largest absolute Gasteiger partial charge is 0.361 e. The Bertz CT molecular complexity index is 73.3. The van der Waals surface area contributed by atoms with Crippen LogP contribution < -0.4 is 0 Å². The normalized spacial score (nSPS) is 9.11. The summed E-state index contributed by atoms with van der Waals surface area (Å²) < 4.78 is 0. The lowest BCUT2D eigenvalue weighted by molar-refractivity contribution is 0.446. The molecule has 0 fully saturated rings. The minimum Gasteiger partial charge on any atom is -0.361 e. The Kier molecular flexibility index (Phi) is 5.94. The van der Waals surface area contributed by atoms with Crippen LogP contribution in [-0.2, 0) is 0 Å². The minimum atomic E-state index is 0.990. The van der Waals surface area contributed by atoms with Crippen LogP contribution in [0.4, 0.5) is 0 Å². The van der Waals surface area contributed by atoms with Gasteiger partial charge in [-0.1, -0.05) is 25.6 Å². The van der Waals surface area contributed by atoms with Crippen molar-refractivity contribution in [2.24, 2.45) is 0 Å². The molecule has 0 atom stereocenters. The van der Waals surface area contributed by atoms with E-state index in [1.54, 1.807) is 0 Å². The molecule has 0 rings (SSSR count). The molecule has 0 saturated heterocycles. The van der Waals surface area contributed by atoms with Gasteiger partial charge in [-0.2, -0.15) is 0 Å².